The largest absolute Gasteiger partial charge is 0.395 e. The summed E-state index contributed by atoms with van der Waals surface area (Å²) in [5.74, 6) is 0.848. The molecule has 3 N–H and O–H groups in total. The fraction of sp³-hybridized carbons (Fsp3) is 0.267. The average molecular weight is 257 g/mol. The summed E-state index contributed by atoms with van der Waals surface area (Å²) in [6.07, 6.45) is 0. The summed E-state index contributed by atoms with van der Waals surface area (Å²) in [7, 11) is 0. The Kier molecular flexibility index (Phi) is 4.89. The number of pyridine rings is 1. The maximum Gasteiger partial charge on any atom is 0.129 e. The Balaban J connectivity index is 2.19. The lowest BCUT2D eigenvalue weighted by atomic mass is 10.2. The minimum absolute atomic E-state index is 0.0986. The highest BCUT2D eigenvalue weighted by atomic mass is 16.3. The Labute approximate surface area is 113 Å². The van der Waals surface area contributed by atoms with E-state index in [0.29, 0.717) is 13.1 Å². The van der Waals surface area contributed by atoms with Crippen molar-refractivity contribution in [2.45, 2.75) is 13.1 Å². The number of nitrogens with zero attached hydrogens (tertiary/aromatic N) is 2. The van der Waals surface area contributed by atoms with E-state index in [1.807, 2.05) is 36.4 Å². The van der Waals surface area contributed by atoms with Crippen LogP contribution in [0.3, 0.4) is 0 Å². The summed E-state index contributed by atoms with van der Waals surface area (Å²) < 4.78 is 0. The molecule has 4 heteroatoms. The molecular formula is C15H19N3O. The summed E-state index contributed by atoms with van der Waals surface area (Å²) >= 11 is 0. The molecule has 0 saturated carbocycles. The molecule has 0 unspecified atom stereocenters. The zero-order chi connectivity index (χ0) is 13.5. The number of aromatic nitrogens is 1. The van der Waals surface area contributed by atoms with Gasteiger partial charge in [-0.25, -0.2) is 4.98 Å². The van der Waals surface area contributed by atoms with E-state index in [1.54, 1.807) is 0 Å². The molecule has 1 aromatic carbocycles. The van der Waals surface area contributed by atoms with Gasteiger partial charge in [-0.3, -0.25) is 0 Å². The number of rotatable bonds is 6. The fourth-order valence-electron chi connectivity index (χ4n) is 1.96. The summed E-state index contributed by atoms with van der Waals surface area (Å²) in [5, 5.41) is 9.21. The number of hydrogen-bond acceptors (Lipinski definition) is 4. The quantitative estimate of drug-likeness (QED) is 0.824. The molecule has 1 heterocycles. The van der Waals surface area contributed by atoms with Crippen LogP contribution in [0.25, 0.3) is 0 Å². The van der Waals surface area contributed by atoms with E-state index in [2.05, 4.69) is 22.0 Å². The topological polar surface area (TPSA) is 62.4 Å². The predicted octanol–water partition coefficient (Wildman–Crippen LogP) is 1.54. The minimum Gasteiger partial charge on any atom is -0.395 e. The molecule has 19 heavy (non-hydrogen) atoms. The molecule has 0 atom stereocenters. The zero-order valence-electron chi connectivity index (χ0n) is 10.9. The van der Waals surface area contributed by atoms with Crippen LogP contribution in [0.2, 0.25) is 0 Å². The molecule has 0 fully saturated rings. The SMILES string of the molecule is NCc1cccc(N(CCO)Cc2ccccc2)n1. The van der Waals surface area contributed by atoms with Crippen molar-refractivity contribution in [3.8, 4) is 0 Å². The van der Waals surface area contributed by atoms with Crippen molar-refractivity contribution < 1.29 is 5.11 Å². The van der Waals surface area contributed by atoms with Crippen molar-refractivity contribution in [1.29, 1.82) is 0 Å². The van der Waals surface area contributed by atoms with Crippen molar-refractivity contribution >= 4 is 5.82 Å². The maximum absolute atomic E-state index is 9.21. The molecule has 1 aromatic heterocycles. The first-order valence-corrected chi connectivity index (χ1v) is 6.39. The number of anilines is 1. The molecule has 0 aliphatic carbocycles. The number of benzene rings is 1. The van der Waals surface area contributed by atoms with Gasteiger partial charge in [-0.1, -0.05) is 36.4 Å². The van der Waals surface area contributed by atoms with E-state index in [1.165, 1.54) is 5.56 Å². The van der Waals surface area contributed by atoms with E-state index >= 15 is 0 Å². The van der Waals surface area contributed by atoms with E-state index in [-0.39, 0.29) is 6.61 Å². The van der Waals surface area contributed by atoms with Gasteiger partial charge in [-0.15, -0.1) is 0 Å². The lowest BCUT2D eigenvalue weighted by molar-refractivity contribution is 0.301. The smallest absolute Gasteiger partial charge is 0.129 e. The summed E-state index contributed by atoms with van der Waals surface area (Å²) in [6, 6.07) is 15.9. The monoisotopic (exact) mass is 257 g/mol. The molecule has 0 spiro atoms. The van der Waals surface area contributed by atoms with Gasteiger partial charge in [0.1, 0.15) is 5.82 Å². The van der Waals surface area contributed by atoms with Crippen molar-refractivity contribution in [1.82, 2.24) is 4.98 Å². The Morgan fingerprint density at radius 1 is 1.05 bits per heavy atom. The summed E-state index contributed by atoms with van der Waals surface area (Å²) in [4.78, 5) is 6.55. The maximum atomic E-state index is 9.21. The van der Waals surface area contributed by atoms with Crippen LogP contribution in [0.5, 0.6) is 0 Å². The van der Waals surface area contributed by atoms with E-state index in [4.69, 9.17) is 5.73 Å². The molecule has 0 aliphatic heterocycles. The van der Waals surface area contributed by atoms with E-state index in [9.17, 15) is 5.11 Å². The first kappa shape index (κ1) is 13.5. The van der Waals surface area contributed by atoms with E-state index in [0.717, 1.165) is 18.1 Å². The van der Waals surface area contributed by atoms with Crippen LogP contribution < -0.4 is 10.6 Å². The third-order valence-corrected chi connectivity index (χ3v) is 2.91. The van der Waals surface area contributed by atoms with Gasteiger partial charge >= 0.3 is 0 Å². The van der Waals surface area contributed by atoms with Gasteiger partial charge in [0.2, 0.25) is 0 Å². The number of aliphatic hydroxyl groups excluding tert-OH is 1. The standard InChI is InChI=1S/C15H19N3O/c16-11-14-7-4-8-15(17-14)18(9-10-19)12-13-5-2-1-3-6-13/h1-8,19H,9-12,16H2. The molecule has 0 radical (unpaired) electrons. The van der Waals surface area contributed by atoms with Gasteiger partial charge in [-0.05, 0) is 17.7 Å². The zero-order valence-corrected chi connectivity index (χ0v) is 10.9. The Hall–Kier alpha value is -1.91. The van der Waals surface area contributed by atoms with Crippen LogP contribution >= 0.6 is 0 Å². The number of hydrogen-bond donors (Lipinski definition) is 2. The summed E-state index contributed by atoms with van der Waals surface area (Å²) in [5.41, 5.74) is 7.66. The van der Waals surface area contributed by atoms with Crippen molar-refractivity contribution in [3.63, 3.8) is 0 Å². The third-order valence-electron chi connectivity index (χ3n) is 2.91. The van der Waals surface area contributed by atoms with Crippen LogP contribution in [0.15, 0.2) is 48.5 Å². The Morgan fingerprint density at radius 3 is 2.53 bits per heavy atom. The molecule has 2 rings (SSSR count). The molecule has 0 bridgehead atoms. The van der Waals surface area contributed by atoms with Crippen molar-refractivity contribution in [2.24, 2.45) is 5.73 Å². The molecule has 0 aliphatic rings. The molecule has 0 saturated heterocycles. The second-order valence-corrected chi connectivity index (χ2v) is 4.32. The van der Waals surface area contributed by atoms with Gasteiger partial charge in [0.25, 0.3) is 0 Å². The normalized spacial score (nSPS) is 10.4. The van der Waals surface area contributed by atoms with Gasteiger partial charge in [0, 0.05) is 19.6 Å². The molecule has 2 aromatic rings. The fourth-order valence-corrected chi connectivity index (χ4v) is 1.96. The van der Waals surface area contributed by atoms with Gasteiger partial charge in [0.15, 0.2) is 0 Å². The lowest BCUT2D eigenvalue weighted by Gasteiger charge is -2.23. The lowest BCUT2D eigenvalue weighted by Crippen LogP contribution is -2.27. The second-order valence-electron chi connectivity index (χ2n) is 4.32. The highest BCUT2D eigenvalue weighted by molar-refractivity contribution is 5.40. The van der Waals surface area contributed by atoms with Crippen LogP contribution in [0.4, 0.5) is 5.82 Å². The Bertz CT molecular complexity index is 502. The van der Waals surface area contributed by atoms with Crippen LogP contribution in [0.1, 0.15) is 11.3 Å². The number of aliphatic hydroxyl groups is 1. The Morgan fingerprint density at radius 2 is 1.84 bits per heavy atom. The highest BCUT2D eigenvalue weighted by Crippen LogP contribution is 2.14. The van der Waals surface area contributed by atoms with Crippen LogP contribution in [-0.2, 0) is 13.1 Å². The molecule has 0 amide bonds. The van der Waals surface area contributed by atoms with Crippen molar-refractivity contribution in [2.75, 3.05) is 18.1 Å². The molecule has 4 nitrogen and oxygen atoms in total. The molecule has 100 valence electrons. The third kappa shape index (κ3) is 3.77. The van der Waals surface area contributed by atoms with E-state index < -0.39 is 0 Å². The van der Waals surface area contributed by atoms with Crippen molar-refractivity contribution in [3.05, 3.63) is 59.8 Å². The second kappa shape index (κ2) is 6.87. The van der Waals surface area contributed by atoms with Gasteiger partial charge < -0.3 is 15.7 Å². The number of nitrogens with two attached hydrogens (primary N) is 1. The minimum atomic E-state index is 0.0986. The van der Waals surface area contributed by atoms with Gasteiger partial charge in [0.05, 0.1) is 12.3 Å². The first-order valence-electron chi connectivity index (χ1n) is 6.39. The predicted molar refractivity (Wildman–Crippen MR) is 76.7 cm³/mol. The highest BCUT2D eigenvalue weighted by Gasteiger charge is 2.08. The van der Waals surface area contributed by atoms with Crippen LogP contribution in [-0.4, -0.2) is 23.2 Å². The van der Waals surface area contributed by atoms with Crippen LogP contribution in [0, 0.1) is 0 Å². The summed E-state index contributed by atoms with van der Waals surface area (Å²) in [6.45, 7) is 1.80. The first-order chi connectivity index (χ1) is 9.33. The van der Waals surface area contributed by atoms with Gasteiger partial charge in [-0.2, -0.15) is 0 Å². The molecular weight excluding hydrogens is 238 g/mol. The average Bonchev–Trinajstić information content (AvgIpc) is 2.48.